The molecule has 0 amide bonds. The smallest absolute Gasteiger partial charge is 0.187 e. The van der Waals surface area contributed by atoms with Crippen molar-refractivity contribution in [2.45, 2.75) is 173 Å². The largest absolute Gasteiger partial charge is 0.394 e. The average molecular weight is 885 g/mol. The highest BCUT2D eigenvalue weighted by Gasteiger charge is 2.57. The Hall–Kier alpha value is -1.08. The van der Waals surface area contributed by atoms with E-state index in [-0.39, 0.29) is 0 Å². The maximum atomic E-state index is 11.6. The van der Waals surface area contributed by atoms with Gasteiger partial charge >= 0.3 is 0 Å². The molecule has 0 saturated carbocycles. The fourth-order valence-corrected chi connectivity index (χ4v) is 7.51. The number of rotatable bonds is 13. The van der Waals surface area contributed by atoms with Crippen LogP contribution in [0, 0.1) is 0 Å². The van der Waals surface area contributed by atoms with Crippen molar-refractivity contribution in [1.29, 1.82) is 0 Å². The maximum absolute atomic E-state index is 11.6. The molecule has 60 heavy (non-hydrogen) atoms. The molecule has 6 aliphatic rings. The van der Waals surface area contributed by atoms with Gasteiger partial charge < -0.3 is 134 Å². The standard InChI is InChI=1S/C33H56O27/c1-7-13(38)19(44)23(48)29(53-7)60-27-24(57-32-26(15(40)9(37)5-51-32)58-30-22(47)16(41)10(2-34)55-30)18(43)11(3-35)56-33(27)59-25-14(39)8(36)4-50-31(25)52-6-12-17(42)20(45)21(46)28(49)54-12/h7-49H,2-6H2,1H3/t7-,8-,9+,10-,11+,12+,13-,14-,15-,16-,17+,18+,19+,20-,21+,22+,23+,24-,25+,26+,27+,28+,29-,30-,31-,32-,33-/m0/s1. The first-order valence-electron chi connectivity index (χ1n) is 19.2. The quantitative estimate of drug-likeness (QED) is 0.0816. The lowest BCUT2D eigenvalue weighted by Gasteiger charge is -2.50. The van der Waals surface area contributed by atoms with Crippen LogP contribution in [0.3, 0.4) is 0 Å². The molecule has 0 radical (unpaired) electrons. The van der Waals surface area contributed by atoms with Gasteiger partial charge in [-0.1, -0.05) is 0 Å². The number of hydrogen-bond acceptors (Lipinski definition) is 27. The second-order valence-electron chi connectivity index (χ2n) is 15.4. The maximum Gasteiger partial charge on any atom is 0.187 e. The topological polar surface area (TPSA) is 425 Å². The Morgan fingerprint density at radius 1 is 0.400 bits per heavy atom. The monoisotopic (exact) mass is 884 g/mol. The summed E-state index contributed by atoms with van der Waals surface area (Å²) in [6.45, 7) is -2.31. The summed E-state index contributed by atoms with van der Waals surface area (Å²) in [6, 6.07) is 0. The van der Waals surface area contributed by atoms with Crippen molar-refractivity contribution in [3.8, 4) is 0 Å². The highest BCUT2D eigenvalue weighted by molar-refractivity contribution is 4.98. The number of ether oxygens (including phenoxy) is 11. The molecule has 27 heteroatoms. The SMILES string of the molecule is C[C@@H]1O[C@@H](O[C@H]2[C@H](O[C@H]3[C@H](OC[C@H]4O[C@@H](O)[C@H](O)[C@@H](O)[C@@H]4O)OC[C@H](O)[C@@H]3O)O[C@H](CO)[C@@H](O)[C@@H]2O[C@@H]2OC[C@@H](O)[C@H](O)[C@H]2O[C@@H]2O[C@@H](CO)[C@H](O)[C@H]2O)[C@H](O)[C@H](O)[C@H]1O. The summed E-state index contributed by atoms with van der Waals surface area (Å²) in [6.07, 6.45) is -48.0. The van der Waals surface area contributed by atoms with E-state index < -0.39 is 199 Å². The van der Waals surface area contributed by atoms with Gasteiger partial charge in [-0.2, -0.15) is 0 Å². The zero-order chi connectivity index (χ0) is 43.9. The molecule has 27 atom stereocenters. The van der Waals surface area contributed by atoms with Gasteiger partial charge in [0.15, 0.2) is 37.7 Å². The van der Waals surface area contributed by atoms with Gasteiger partial charge in [0.05, 0.1) is 39.1 Å². The first-order chi connectivity index (χ1) is 28.4. The van der Waals surface area contributed by atoms with Gasteiger partial charge in [-0.3, -0.25) is 0 Å². The minimum Gasteiger partial charge on any atom is -0.394 e. The van der Waals surface area contributed by atoms with Crippen LogP contribution in [0.15, 0.2) is 0 Å². The third kappa shape index (κ3) is 9.92. The van der Waals surface area contributed by atoms with Gasteiger partial charge in [-0.15, -0.1) is 0 Å². The van der Waals surface area contributed by atoms with Gasteiger partial charge in [0.1, 0.15) is 122 Å². The first-order valence-corrected chi connectivity index (χ1v) is 19.2. The van der Waals surface area contributed by atoms with Crippen molar-refractivity contribution >= 4 is 0 Å². The van der Waals surface area contributed by atoms with E-state index in [0.717, 1.165) is 0 Å². The molecule has 6 heterocycles. The van der Waals surface area contributed by atoms with E-state index in [0.29, 0.717) is 0 Å². The second kappa shape index (κ2) is 20.4. The van der Waals surface area contributed by atoms with Gasteiger partial charge in [-0.25, -0.2) is 0 Å². The lowest BCUT2D eigenvalue weighted by atomic mass is 9.96. The number of aliphatic hydroxyl groups excluding tert-OH is 16. The molecule has 6 saturated heterocycles. The van der Waals surface area contributed by atoms with Crippen LogP contribution < -0.4 is 0 Å². The zero-order valence-electron chi connectivity index (χ0n) is 31.8. The van der Waals surface area contributed by atoms with E-state index in [1.165, 1.54) is 6.92 Å². The molecular formula is C33H56O27. The molecule has 0 aromatic rings. The molecule has 0 spiro atoms. The molecule has 27 nitrogen and oxygen atoms in total. The predicted molar refractivity (Wildman–Crippen MR) is 180 cm³/mol. The summed E-state index contributed by atoms with van der Waals surface area (Å²) in [5.41, 5.74) is 0. The molecule has 6 aliphatic heterocycles. The fraction of sp³-hybridized carbons (Fsp3) is 1.00. The Labute approximate surface area is 339 Å². The summed E-state index contributed by atoms with van der Waals surface area (Å²) in [7, 11) is 0. The third-order valence-electron chi connectivity index (χ3n) is 11.2. The van der Waals surface area contributed by atoms with E-state index in [9.17, 15) is 81.7 Å². The first kappa shape index (κ1) is 48.4. The van der Waals surface area contributed by atoms with Crippen molar-refractivity contribution in [3.05, 3.63) is 0 Å². The Morgan fingerprint density at radius 3 is 1.48 bits per heavy atom. The zero-order valence-corrected chi connectivity index (χ0v) is 31.8. The minimum atomic E-state index is -2.01. The normalized spacial score (nSPS) is 54.2. The minimum absolute atomic E-state index is 0.566. The summed E-state index contributed by atoms with van der Waals surface area (Å²) >= 11 is 0. The van der Waals surface area contributed by atoms with Gasteiger partial charge in [0.2, 0.25) is 0 Å². The Bertz CT molecular complexity index is 1340. The summed E-state index contributed by atoms with van der Waals surface area (Å²) in [4.78, 5) is 0. The van der Waals surface area contributed by atoms with Crippen molar-refractivity contribution < 1.29 is 134 Å². The van der Waals surface area contributed by atoms with Crippen molar-refractivity contribution in [2.24, 2.45) is 0 Å². The highest BCUT2D eigenvalue weighted by Crippen LogP contribution is 2.36. The predicted octanol–water partition coefficient (Wildman–Crippen LogP) is -11.2. The Morgan fingerprint density at radius 2 is 0.867 bits per heavy atom. The van der Waals surface area contributed by atoms with Gasteiger partial charge in [0, 0.05) is 0 Å². The van der Waals surface area contributed by atoms with Crippen molar-refractivity contribution in [2.75, 3.05) is 33.0 Å². The highest BCUT2D eigenvalue weighted by atomic mass is 16.8. The summed E-state index contributed by atoms with van der Waals surface area (Å²) < 4.78 is 62.7. The third-order valence-corrected chi connectivity index (χ3v) is 11.2. The Balaban J connectivity index is 1.30. The van der Waals surface area contributed by atoms with Crippen LogP contribution in [0.2, 0.25) is 0 Å². The molecule has 16 N–H and O–H groups in total. The second-order valence-corrected chi connectivity index (χ2v) is 15.4. The van der Waals surface area contributed by atoms with E-state index in [1.54, 1.807) is 0 Å². The van der Waals surface area contributed by atoms with E-state index in [4.69, 9.17) is 52.1 Å². The molecule has 0 aromatic heterocycles. The molecule has 6 fully saturated rings. The molecule has 0 aliphatic carbocycles. The van der Waals surface area contributed by atoms with Crippen molar-refractivity contribution in [3.63, 3.8) is 0 Å². The fourth-order valence-electron chi connectivity index (χ4n) is 7.51. The molecule has 6 rings (SSSR count). The van der Waals surface area contributed by atoms with Crippen LogP contribution in [0.4, 0.5) is 0 Å². The lowest BCUT2D eigenvalue weighted by molar-refractivity contribution is -0.406. The Kier molecular flexibility index (Phi) is 16.4. The molecule has 350 valence electrons. The van der Waals surface area contributed by atoms with Crippen LogP contribution >= 0.6 is 0 Å². The molecule has 0 aromatic carbocycles. The van der Waals surface area contributed by atoms with Crippen molar-refractivity contribution in [1.82, 2.24) is 0 Å². The van der Waals surface area contributed by atoms with E-state index in [1.807, 2.05) is 0 Å². The average Bonchev–Trinajstić information content (AvgIpc) is 3.50. The van der Waals surface area contributed by atoms with Gasteiger partial charge in [0.25, 0.3) is 0 Å². The lowest BCUT2D eigenvalue weighted by Crippen LogP contribution is -2.68. The van der Waals surface area contributed by atoms with Crippen LogP contribution in [-0.4, -0.2) is 281 Å². The van der Waals surface area contributed by atoms with Crippen LogP contribution in [-0.2, 0) is 52.1 Å². The van der Waals surface area contributed by atoms with Gasteiger partial charge in [-0.05, 0) is 6.92 Å². The summed E-state index contributed by atoms with van der Waals surface area (Å²) in [5, 5.41) is 168. The van der Waals surface area contributed by atoms with Crippen LogP contribution in [0.5, 0.6) is 0 Å². The van der Waals surface area contributed by atoms with Crippen LogP contribution in [0.25, 0.3) is 0 Å². The number of aliphatic hydroxyl groups is 16. The van der Waals surface area contributed by atoms with E-state index >= 15 is 0 Å². The number of hydrogen-bond donors (Lipinski definition) is 16. The van der Waals surface area contributed by atoms with E-state index in [2.05, 4.69) is 0 Å². The molecular weight excluding hydrogens is 828 g/mol. The van der Waals surface area contributed by atoms with Crippen LogP contribution in [0.1, 0.15) is 6.92 Å². The molecule has 0 unspecified atom stereocenters. The molecule has 0 bridgehead atoms. The summed E-state index contributed by atoms with van der Waals surface area (Å²) in [5.74, 6) is 0.